The van der Waals surface area contributed by atoms with E-state index in [1.807, 2.05) is 30.3 Å². The summed E-state index contributed by atoms with van der Waals surface area (Å²) in [5, 5.41) is 27.2. The first kappa shape index (κ1) is 26.1. The fraction of sp³-hybridized carbons (Fsp3) is 0.500. The normalized spacial score (nSPS) is 18.9. The van der Waals surface area contributed by atoms with Gasteiger partial charge in [-0.2, -0.15) is 0 Å². The third-order valence-corrected chi connectivity index (χ3v) is 5.06. The van der Waals surface area contributed by atoms with Gasteiger partial charge in [-0.25, -0.2) is 0 Å². The summed E-state index contributed by atoms with van der Waals surface area (Å²) in [4.78, 5) is 24.8. The summed E-state index contributed by atoms with van der Waals surface area (Å²) in [5.74, 6) is -2.28. The van der Waals surface area contributed by atoms with Crippen molar-refractivity contribution in [3.8, 4) is 0 Å². The lowest BCUT2D eigenvalue weighted by molar-refractivity contribution is -0.139. The van der Waals surface area contributed by atoms with Gasteiger partial charge in [0.05, 0.1) is 12.0 Å². The van der Waals surface area contributed by atoms with Crippen molar-refractivity contribution in [2.75, 3.05) is 6.54 Å². The zero-order chi connectivity index (χ0) is 23.4. The molecule has 0 aliphatic heterocycles. The Kier molecular flexibility index (Phi) is 11.3. The first-order valence-corrected chi connectivity index (χ1v) is 10.4. The van der Waals surface area contributed by atoms with Crippen molar-refractivity contribution in [2.45, 2.75) is 63.5 Å². The number of hydrogen-bond donors (Lipinski definition) is 6. The zero-order valence-corrected chi connectivity index (χ0v) is 17.9. The van der Waals surface area contributed by atoms with Crippen LogP contribution in [0.2, 0.25) is 0 Å². The molecular weight excluding hydrogens is 400 g/mol. The molecule has 1 aliphatic rings. The minimum Gasteiger partial charge on any atom is -0.481 e. The van der Waals surface area contributed by atoms with Crippen molar-refractivity contribution in [1.82, 2.24) is 0 Å². The average molecular weight is 435 g/mol. The second kappa shape index (κ2) is 13.4. The molecule has 2 rings (SSSR count). The number of carboxylic acids is 2. The van der Waals surface area contributed by atoms with Crippen LogP contribution in [-0.4, -0.2) is 51.9 Å². The largest absolute Gasteiger partial charge is 0.481 e. The Morgan fingerprint density at radius 3 is 2.32 bits per heavy atom. The number of aliphatic hydroxyl groups is 1. The van der Waals surface area contributed by atoms with Gasteiger partial charge in [-0.15, -0.1) is 0 Å². The summed E-state index contributed by atoms with van der Waals surface area (Å²) in [7, 11) is 0. The fourth-order valence-electron chi connectivity index (χ4n) is 3.07. The molecule has 172 valence electrons. The Morgan fingerprint density at radius 1 is 1.16 bits per heavy atom. The van der Waals surface area contributed by atoms with Gasteiger partial charge in [0.1, 0.15) is 6.04 Å². The van der Waals surface area contributed by atoms with Crippen LogP contribution in [0.5, 0.6) is 0 Å². The van der Waals surface area contributed by atoms with Crippen LogP contribution in [0.1, 0.15) is 62.5 Å². The van der Waals surface area contributed by atoms with E-state index in [1.54, 1.807) is 6.92 Å². The molecule has 0 radical (unpaired) electrons. The molecule has 9 N–H and O–H groups in total. The van der Waals surface area contributed by atoms with Gasteiger partial charge in [0.25, 0.3) is 0 Å². The fourth-order valence-corrected chi connectivity index (χ4v) is 3.07. The second-order valence-corrected chi connectivity index (χ2v) is 7.60. The number of benzene rings is 1. The molecule has 1 saturated carbocycles. The quantitative estimate of drug-likeness (QED) is 0.202. The summed E-state index contributed by atoms with van der Waals surface area (Å²) in [6.07, 6.45) is 6.70. The van der Waals surface area contributed by atoms with E-state index in [9.17, 15) is 14.7 Å². The second-order valence-electron chi connectivity index (χ2n) is 7.60. The predicted molar refractivity (Wildman–Crippen MR) is 120 cm³/mol. The van der Waals surface area contributed by atoms with Crippen molar-refractivity contribution in [3.63, 3.8) is 0 Å². The van der Waals surface area contributed by atoms with E-state index in [2.05, 4.69) is 4.99 Å². The molecule has 3 unspecified atom stereocenters. The number of guanidine groups is 1. The van der Waals surface area contributed by atoms with E-state index in [0.29, 0.717) is 19.4 Å². The molecule has 3 atom stereocenters. The maximum atomic E-state index is 10.9. The van der Waals surface area contributed by atoms with Gasteiger partial charge in [0.15, 0.2) is 5.96 Å². The standard InChI is InChI=1S/C16H20O3.C6H14N4O2/c1-11(16(18)19)13-8-6-12(7-9-13)10-14-4-2-3-5-15(14)17;7-4(5(11)12)2-1-3-10-6(8)9/h6-11,15,17H,2-5H2,1H3,(H,18,19);4H,1-3,7H2,(H,11,12)(H4,8,9,10)/b14-10-;. The minimum absolute atomic E-state index is 0.0129. The summed E-state index contributed by atoms with van der Waals surface area (Å²) in [6, 6.07) is 6.71. The molecule has 31 heavy (non-hydrogen) atoms. The third kappa shape index (κ3) is 10.1. The topological polar surface area (TPSA) is 185 Å². The van der Waals surface area contributed by atoms with E-state index in [1.165, 1.54) is 0 Å². The number of aliphatic imine (C=N–C) groups is 1. The summed E-state index contributed by atoms with van der Waals surface area (Å²) < 4.78 is 0. The van der Waals surface area contributed by atoms with Gasteiger partial charge >= 0.3 is 11.9 Å². The average Bonchev–Trinajstić information content (AvgIpc) is 2.73. The lowest BCUT2D eigenvalue weighted by Crippen LogP contribution is -2.30. The van der Waals surface area contributed by atoms with Crippen molar-refractivity contribution in [1.29, 1.82) is 0 Å². The number of aliphatic carboxylic acids is 2. The number of nitrogens with zero attached hydrogens (tertiary/aromatic N) is 1. The van der Waals surface area contributed by atoms with Gasteiger partial charge in [-0.05, 0) is 55.7 Å². The van der Waals surface area contributed by atoms with E-state index >= 15 is 0 Å². The van der Waals surface area contributed by atoms with Crippen molar-refractivity contribution in [3.05, 3.63) is 41.0 Å². The molecule has 1 aliphatic carbocycles. The van der Waals surface area contributed by atoms with Crippen molar-refractivity contribution >= 4 is 24.0 Å². The highest BCUT2D eigenvalue weighted by atomic mass is 16.4. The number of carboxylic acid groups (broad SMARTS) is 2. The zero-order valence-electron chi connectivity index (χ0n) is 17.9. The SMILES string of the molecule is CC(C(=O)O)c1ccc(/C=C2/CCCCC2O)cc1.NC(N)=NCCCC(N)C(=O)O. The molecule has 1 aromatic rings. The molecule has 1 fully saturated rings. The van der Waals surface area contributed by atoms with Crippen LogP contribution in [-0.2, 0) is 9.59 Å². The van der Waals surface area contributed by atoms with Crippen LogP contribution in [0.15, 0.2) is 34.8 Å². The number of carbonyl (C=O) groups is 2. The van der Waals surface area contributed by atoms with Crippen LogP contribution in [0.4, 0.5) is 0 Å². The molecule has 0 heterocycles. The molecule has 1 aromatic carbocycles. The monoisotopic (exact) mass is 434 g/mol. The Morgan fingerprint density at radius 2 is 1.81 bits per heavy atom. The predicted octanol–water partition coefficient (Wildman–Crippen LogP) is 1.64. The molecular formula is C22H34N4O5. The maximum Gasteiger partial charge on any atom is 0.320 e. The van der Waals surface area contributed by atoms with Gasteiger partial charge < -0.3 is 32.5 Å². The van der Waals surface area contributed by atoms with Crippen molar-refractivity contribution < 1.29 is 24.9 Å². The first-order chi connectivity index (χ1) is 14.6. The number of nitrogens with two attached hydrogens (primary N) is 3. The van der Waals surface area contributed by atoms with Gasteiger partial charge in [0.2, 0.25) is 0 Å². The summed E-state index contributed by atoms with van der Waals surface area (Å²) in [5.41, 5.74) is 18.2. The lowest BCUT2D eigenvalue weighted by Gasteiger charge is -2.20. The minimum atomic E-state index is -1.00. The van der Waals surface area contributed by atoms with Crippen LogP contribution in [0.3, 0.4) is 0 Å². The van der Waals surface area contributed by atoms with Gasteiger partial charge in [-0.3, -0.25) is 14.6 Å². The highest BCUT2D eigenvalue weighted by molar-refractivity contribution is 5.76. The third-order valence-electron chi connectivity index (χ3n) is 5.06. The van der Waals surface area contributed by atoms with Crippen LogP contribution in [0.25, 0.3) is 6.08 Å². The number of rotatable bonds is 8. The Bertz CT molecular complexity index is 773. The lowest BCUT2D eigenvalue weighted by atomic mass is 9.90. The van der Waals surface area contributed by atoms with Gasteiger partial charge in [-0.1, -0.05) is 36.8 Å². The highest BCUT2D eigenvalue weighted by Crippen LogP contribution is 2.26. The Hall–Kier alpha value is -2.91. The molecule has 0 aromatic heterocycles. The Balaban J connectivity index is 0.000000348. The van der Waals surface area contributed by atoms with E-state index < -0.39 is 23.9 Å². The first-order valence-electron chi connectivity index (χ1n) is 10.4. The molecule has 0 spiro atoms. The van der Waals surface area contributed by atoms with Crippen LogP contribution < -0.4 is 17.2 Å². The maximum absolute atomic E-state index is 10.9. The molecule has 9 heteroatoms. The molecule has 9 nitrogen and oxygen atoms in total. The van der Waals surface area contributed by atoms with E-state index in [0.717, 1.165) is 42.4 Å². The summed E-state index contributed by atoms with van der Waals surface area (Å²) in [6.45, 7) is 2.10. The Labute approximate surface area is 182 Å². The van der Waals surface area contributed by atoms with Crippen molar-refractivity contribution in [2.24, 2.45) is 22.2 Å². The van der Waals surface area contributed by atoms with E-state index in [-0.39, 0.29) is 12.1 Å². The molecule has 0 saturated heterocycles. The van der Waals surface area contributed by atoms with Gasteiger partial charge in [0, 0.05) is 6.54 Å². The summed E-state index contributed by atoms with van der Waals surface area (Å²) >= 11 is 0. The molecule has 0 bridgehead atoms. The number of aliphatic hydroxyl groups excluding tert-OH is 1. The van der Waals surface area contributed by atoms with E-state index in [4.69, 9.17) is 27.4 Å². The van der Waals surface area contributed by atoms with Crippen LogP contribution >= 0.6 is 0 Å². The smallest absolute Gasteiger partial charge is 0.320 e. The van der Waals surface area contributed by atoms with Crippen LogP contribution in [0, 0.1) is 0 Å². The number of hydrogen-bond acceptors (Lipinski definition) is 5. The molecule has 0 amide bonds. The highest BCUT2D eigenvalue weighted by Gasteiger charge is 2.16.